The van der Waals surface area contributed by atoms with Gasteiger partial charge in [0.25, 0.3) is 0 Å². The number of rotatable bonds is 5. The van der Waals surface area contributed by atoms with Crippen molar-refractivity contribution in [2.45, 2.75) is 66.1 Å². The summed E-state index contributed by atoms with van der Waals surface area (Å²) in [6.07, 6.45) is 3.83. The first-order chi connectivity index (χ1) is 8.38. The van der Waals surface area contributed by atoms with Crippen LogP contribution >= 0.6 is 0 Å². The summed E-state index contributed by atoms with van der Waals surface area (Å²) >= 11 is 0. The van der Waals surface area contributed by atoms with Gasteiger partial charge in [-0.05, 0) is 30.1 Å². The fraction of sp³-hybridized carbons (Fsp3) is 0.933. The van der Waals surface area contributed by atoms with Gasteiger partial charge in [0.1, 0.15) is 0 Å². The molecule has 0 aromatic carbocycles. The zero-order chi connectivity index (χ0) is 13.5. The first kappa shape index (κ1) is 13.9. The molecule has 0 bridgehead atoms. The Morgan fingerprint density at radius 3 is 2.44 bits per heavy atom. The molecule has 3 unspecified atom stereocenters. The maximum Gasteiger partial charge on any atom is 0.241 e. The second-order valence-corrected chi connectivity index (χ2v) is 7.00. The highest BCUT2D eigenvalue weighted by Gasteiger charge is 2.47. The zero-order valence-electron chi connectivity index (χ0n) is 12.5. The normalized spacial score (nSPS) is 32.1. The monoisotopic (exact) mass is 252 g/mol. The third kappa shape index (κ3) is 2.56. The lowest BCUT2D eigenvalue weighted by atomic mass is 9.99. The molecule has 1 aliphatic carbocycles. The van der Waals surface area contributed by atoms with Crippen molar-refractivity contribution in [1.29, 1.82) is 0 Å². The van der Waals surface area contributed by atoms with E-state index in [9.17, 15) is 4.79 Å². The fourth-order valence-electron chi connectivity index (χ4n) is 2.82. The number of nitrogens with one attached hydrogen (secondary N) is 1. The smallest absolute Gasteiger partial charge is 0.241 e. The third-order valence-corrected chi connectivity index (χ3v) is 4.74. The van der Waals surface area contributed by atoms with E-state index >= 15 is 0 Å². The molecule has 0 spiro atoms. The highest BCUT2D eigenvalue weighted by atomic mass is 16.2. The number of hydrogen-bond acceptors (Lipinski definition) is 2. The van der Waals surface area contributed by atoms with E-state index in [1.54, 1.807) is 0 Å². The Kier molecular flexibility index (Phi) is 3.72. The van der Waals surface area contributed by atoms with Crippen molar-refractivity contribution in [3.8, 4) is 0 Å². The van der Waals surface area contributed by atoms with Crippen LogP contribution in [0.15, 0.2) is 0 Å². The van der Waals surface area contributed by atoms with Gasteiger partial charge in [0, 0.05) is 6.54 Å². The number of carbonyl (C=O) groups excluding carboxylic acids is 1. The Morgan fingerprint density at radius 2 is 2.00 bits per heavy atom. The number of nitrogens with zero attached hydrogens (tertiary/aromatic N) is 1. The van der Waals surface area contributed by atoms with Crippen molar-refractivity contribution >= 4 is 5.91 Å². The summed E-state index contributed by atoms with van der Waals surface area (Å²) in [6.45, 7) is 12.0. The number of amides is 1. The van der Waals surface area contributed by atoms with Gasteiger partial charge in [-0.2, -0.15) is 0 Å². The van der Waals surface area contributed by atoms with Gasteiger partial charge in [-0.25, -0.2) is 0 Å². The lowest BCUT2D eigenvalue weighted by molar-refractivity contribution is -0.132. The molecule has 1 N–H and O–H groups in total. The Balaban J connectivity index is 2.11. The summed E-state index contributed by atoms with van der Waals surface area (Å²) < 4.78 is 0. The van der Waals surface area contributed by atoms with Gasteiger partial charge in [0.05, 0.1) is 12.2 Å². The molecule has 2 aliphatic rings. The summed E-state index contributed by atoms with van der Waals surface area (Å²) in [6, 6.07) is 0.0322. The molecule has 2 rings (SSSR count). The van der Waals surface area contributed by atoms with Crippen LogP contribution in [-0.4, -0.2) is 29.6 Å². The van der Waals surface area contributed by atoms with Gasteiger partial charge >= 0.3 is 0 Å². The van der Waals surface area contributed by atoms with E-state index in [1.807, 2.05) is 0 Å². The Morgan fingerprint density at radius 1 is 1.39 bits per heavy atom. The average Bonchev–Trinajstić information content (AvgIpc) is 2.95. The van der Waals surface area contributed by atoms with E-state index < -0.39 is 0 Å². The third-order valence-electron chi connectivity index (χ3n) is 4.74. The lowest BCUT2D eigenvalue weighted by Gasteiger charge is -2.29. The molecule has 0 aromatic heterocycles. The van der Waals surface area contributed by atoms with Crippen LogP contribution in [0.2, 0.25) is 0 Å². The zero-order valence-corrected chi connectivity index (χ0v) is 12.5. The van der Waals surface area contributed by atoms with E-state index in [2.05, 4.69) is 44.8 Å². The molecule has 3 atom stereocenters. The van der Waals surface area contributed by atoms with Crippen LogP contribution in [0.3, 0.4) is 0 Å². The van der Waals surface area contributed by atoms with Crippen LogP contribution < -0.4 is 5.32 Å². The predicted molar refractivity (Wildman–Crippen MR) is 74.1 cm³/mol. The highest BCUT2D eigenvalue weighted by molar-refractivity contribution is 5.84. The minimum atomic E-state index is 0.0322. The standard InChI is InChI=1S/C15H28N2O/c1-6-11(4)12-14(18)17(9-15(5)7-8-15)13(16-12)10(2)3/h10-13,16H,6-9H2,1-5H3. The van der Waals surface area contributed by atoms with Crippen molar-refractivity contribution in [2.24, 2.45) is 17.3 Å². The molecule has 104 valence electrons. The molecule has 1 heterocycles. The highest BCUT2D eigenvalue weighted by Crippen LogP contribution is 2.46. The van der Waals surface area contributed by atoms with Crippen molar-refractivity contribution in [2.75, 3.05) is 6.54 Å². The second kappa shape index (κ2) is 4.84. The molecule has 18 heavy (non-hydrogen) atoms. The molecular formula is C15H28N2O. The largest absolute Gasteiger partial charge is 0.325 e. The van der Waals surface area contributed by atoms with Crippen LogP contribution in [0.25, 0.3) is 0 Å². The van der Waals surface area contributed by atoms with Gasteiger partial charge in [-0.1, -0.05) is 41.0 Å². The van der Waals surface area contributed by atoms with Crippen LogP contribution in [0.1, 0.15) is 53.9 Å². The summed E-state index contributed by atoms with van der Waals surface area (Å²) in [5.41, 5.74) is 0.398. The Hall–Kier alpha value is -0.570. The SMILES string of the molecule is CCC(C)C1NC(C(C)C)N(CC2(C)CC2)C1=O. The van der Waals surface area contributed by atoms with Gasteiger partial charge in [-0.15, -0.1) is 0 Å². The summed E-state index contributed by atoms with van der Waals surface area (Å²) in [7, 11) is 0. The van der Waals surface area contributed by atoms with Crippen LogP contribution in [0, 0.1) is 17.3 Å². The number of hydrogen-bond donors (Lipinski definition) is 1. The van der Waals surface area contributed by atoms with Crippen molar-refractivity contribution in [3.63, 3.8) is 0 Å². The van der Waals surface area contributed by atoms with Crippen molar-refractivity contribution in [3.05, 3.63) is 0 Å². The van der Waals surface area contributed by atoms with Gasteiger partial charge in [-0.3, -0.25) is 10.1 Å². The fourth-order valence-corrected chi connectivity index (χ4v) is 2.82. The van der Waals surface area contributed by atoms with Gasteiger partial charge in [0.15, 0.2) is 0 Å². The molecule has 2 fully saturated rings. The first-order valence-electron chi connectivity index (χ1n) is 7.44. The van der Waals surface area contributed by atoms with Crippen molar-refractivity contribution < 1.29 is 4.79 Å². The maximum absolute atomic E-state index is 12.6. The van der Waals surface area contributed by atoms with Crippen molar-refractivity contribution in [1.82, 2.24) is 10.2 Å². The maximum atomic E-state index is 12.6. The predicted octanol–water partition coefficient (Wildman–Crippen LogP) is 2.62. The van der Waals surface area contributed by atoms with E-state index in [-0.39, 0.29) is 12.2 Å². The molecule has 1 aliphatic heterocycles. The van der Waals surface area contributed by atoms with Gasteiger partial charge in [0.2, 0.25) is 5.91 Å². The van der Waals surface area contributed by atoms with E-state index in [4.69, 9.17) is 0 Å². The molecule has 3 nitrogen and oxygen atoms in total. The van der Waals surface area contributed by atoms with E-state index in [1.165, 1.54) is 12.8 Å². The molecule has 1 saturated heterocycles. The summed E-state index contributed by atoms with van der Waals surface area (Å²) in [5, 5.41) is 3.57. The molecule has 1 amide bonds. The second-order valence-electron chi connectivity index (χ2n) is 7.00. The van der Waals surface area contributed by atoms with Crippen LogP contribution in [-0.2, 0) is 4.79 Å². The van der Waals surface area contributed by atoms with Crippen LogP contribution in [0.4, 0.5) is 0 Å². The Labute approximate surface area is 111 Å². The van der Waals surface area contributed by atoms with E-state index in [0.717, 1.165) is 13.0 Å². The molecule has 1 saturated carbocycles. The van der Waals surface area contributed by atoms with Gasteiger partial charge < -0.3 is 4.90 Å². The summed E-state index contributed by atoms with van der Waals surface area (Å²) in [5.74, 6) is 1.23. The number of carbonyl (C=O) groups is 1. The topological polar surface area (TPSA) is 32.3 Å². The quantitative estimate of drug-likeness (QED) is 0.816. The minimum absolute atomic E-state index is 0.0322. The first-order valence-corrected chi connectivity index (χ1v) is 7.44. The summed E-state index contributed by atoms with van der Waals surface area (Å²) in [4.78, 5) is 14.7. The molecule has 0 aromatic rings. The minimum Gasteiger partial charge on any atom is -0.325 e. The van der Waals surface area contributed by atoms with E-state index in [0.29, 0.717) is 23.2 Å². The van der Waals surface area contributed by atoms with Crippen LogP contribution in [0.5, 0.6) is 0 Å². The molecular weight excluding hydrogens is 224 g/mol. The molecule has 3 heteroatoms. The average molecular weight is 252 g/mol. The lowest BCUT2D eigenvalue weighted by Crippen LogP contribution is -2.43. The molecule has 0 radical (unpaired) electrons. The Bertz CT molecular complexity index is 322.